The summed E-state index contributed by atoms with van der Waals surface area (Å²) in [5.74, 6) is 0. The highest BCUT2D eigenvalue weighted by molar-refractivity contribution is 7.98. The number of allylic oxidation sites excluding steroid dienone is 3. The van der Waals surface area contributed by atoms with Gasteiger partial charge < -0.3 is 0 Å². The monoisotopic (exact) mass is 385 g/mol. The Morgan fingerprint density at radius 1 is 1.38 bits per heavy atom. The van der Waals surface area contributed by atoms with Gasteiger partial charge in [0.05, 0.1) is 16.3 Å². The fourth-order valence-corrected chi connectivity index (χ4v) is 2.98. The SMILES string of the molecule is C=CCC(=C)/C=C\N=CCc1ncn(-c2ccc(Cl)cc2)c(=O)c1SC. The number of hydrogen-bond acceptors (Lipinski definition) is 4. The smallest absolute Gasteiger partial charge is 0.269 e. The van der Waals surface area contributed by atoms with E-state index >= 15 is 0 Å². The highest BCUT2D eigenvalue weighted by Crippen LogP contribution is 2.16. The third kappa shape index (κ3) is 5.31. The number of aromatic nitrogens is 2. The molecule has 1 aromatic carbocycles. The van der Waals surface area contributed by atoms with Crippen LogP contribution in [0.1, 0.15) is 12.1 Å². The number of halogens is 1. The molecule has 0 amide bonds. The van der Waals surface area contributed by atoms with Crippen LogP contribution < -0.4 is 5.56 Å². The van der Waals surface area contributed by atoms with E-state index in [1.165, 1.54) is 22.7 Å². The zero-order valence-electron chi connectivity index (χ0n) is 14.6. The third-order valence-electron chi connectivity index (χ3n) is 3.51. The third-order valence-corrected chi connectivity index (χ3v) is 4.58. The second-order valence-electron chi connectivity index (χ2n) is 5.38. The molecule has 1 heterocycles. The van der Waals surface area contributed by atoms with E-state index < -0.39 is 0 Å². The van der Waals surface area contributed by atoms with E-state index in [2.05, 4.69) is 23.1 Å². The molecule has 0 saturated carbocycles. The summed E-state index contributed by atoms with van der Waals surface area (Å²) in [7, 11) is 0. The van der Waals surface area contributed by atoms with Crippen LogP contribution >= 0.6 is 23.4 Å². The summed E-state index contributed by atoms with van der Waals surface area (Å²) in [5.41, 5.74) is 2.26. The number of rotatable bonds is 8. The van der Waals surface area contributed by atoms with Gasteiger partial charge in [0.1, 0.15) is 6.33 Å². The van der Waals surface area contributed by atoms with Crippen LogP contribution in [0.2, 0.25) is 5.02 Å². The summed E-state index contributed by atoms with van der Waals surface area (Å²) in [6.45, 7) is 7.55. The van der Waals surface area contributed by atoms with E-state index in [4.69, 9.17) is 11.6 Å². The van der Waals surface area contributed by atoms with Crippen molar-refractivity contribution in [2.75, 3.05) is 6.26 Å². The van der Waals surface area contributed by atoms with Crippen molar-refractivity contribution in [1.82, 2.24) is 9.55 Å². The summed E-state index contributed by atoms with van der Waals surface area (Å²) in [6, 6.07) is 7.07. The summed E-state index contributed by atoms with van der Waals surface area (Å²) < 4.78 is 1.52. The first-order chi connectivity index (χ1) is 12.6. The second kappa shape index (κ2) is 9.94. The first-order valence-corrected chi connectivity index (χ1v) is 9.54. The van der Waals surface area contributed by atoms with Crippen LogP contribution in [0.25, 0.3) is 5.69 Å². The minimum Gasteiger partial charge on any atom is -0.269 e. The number of thioether (sulfide) groups is 1. The Morgan fingerprint density at radius 3 is 2.77 bits per heavy atom. The predicted octanol–water partition coefficient (Wildman–Crippen LogP) is 4.87. The molecular formula is C20H20ClN3OS. The lowest BCUT2D eigenvalue weighted by atomic mass is 10.2. The molecule has 0 atom stereocenters. The Bertz CT molecular complexity index is 898. The lowest BCUT2D eigenvalue weighted by Crippen LogP contribution is -2.22. The standard InChI is InChI=1S/C20H20ClN3OS/c1-4-5-15(2)10-12-22-13-11-18-19(26-3)20(25)24(14-23-18)17-8-6-16(21)7-9-17/h4,6-10,12-14H,1-2,5,11H2,3H3/b12-10-,22-13?. The molecule has 0 bridgehead atoms. The topological polar surface area (TPSA) is 47.2 Å². The van der Waals surface area contributed by atoms with E-state index in [-0.39, 0.29) is 5.56 Å². The van der Waals surface area contributed by atoms with Crippen LogP contribution in [0, 0.1) is 0 Å². The van der Waals surface area contributed by atoms with Gasteiger partial charge in [-0.1, -0.05) is 24.3 Å². The molecule has 2 aromatic rings. The number of benzene rings is 1. The molecule has 0 fully saturated rings. The summed E-state index contributed by atoms with van der Waals surface area (Å²) in [6.07, 6.45) is 11.6. The highest BCUT2D eigenvalue weighted by Gasteiger charge is 2.11. The molecule has 6 heteroatoms. The Morgan fingerprint density at radius 2 is 2.12 bits per heavy atom. The van der Waals surface area contributed by atoms with Gasteiger partial charge in [-0.3, -0.25) is 14.4 Å². The summed E-state index contributed by atoms with van der Waals surface area (Å²) >= 11 is 7.29. The molecule has 0 aliphatic rings. The van der Waals surface area contributed by atoms with Crippen molar-refractivity contribution in [2.45, 2.75) is 17.7 Å². The Balaban J connectivity index is 2.19. The molecular weight excluding hydrogens is 366 g/mol. The fourth-order valence-electron chi connectivity index (χ4n) is 2.21. The Hall–Kier alpha value is -2.37. The maximum atomic E-state index is 12.7. The van der Waals surface area contributed by atoms with Crippen molar-refractivity contribution in [2.24, 2.45) is 4.99 Å². The van der Waals surface area contributed by atoms with Crippen molar-refractivity contribution in [1.29, 1.82) is 0 Å². The number of hydrogen-bond donors (Lipinski definition) is 0. The molecule has 134 valence electrons. The lowest BCUT2D eigenvalue weighted by molar-refractivity contribution is 0.857. The van der Waals surface area contributed by atoms with Crippen molar-refractivity contribution in [3.8, 4) is 5.69 Å². The number of aliphatic imine (C=N–C) groups is 1. The average molecular weight is 386 g/mol. The zero-order chi connectivity index (χ0) is 18.9. The minimum atomic E-state index is -0.104. The molecule has 0 aliphatic heterocycles. The van der Waals surface area contributed by atoms with Gasteiger partial charge in [0.2, 0.25) is 0 Å². The van der Waals surface area contributed by atoms with Crippen molar-refractivity contribution >= 4 is 29.6 Å². The molecule has 1 aromatic heterocycles. The van der Waals surface area contributed by atoms with Crippen LogP contribution in [0.3, 0.4) is 0 Å². The molecule has 26 heavy (non-hydrogen) atoms. The van der Waals surface area contributed by atoms with E-state index in [1.54, 1.807) is 42.8 Å². The van der Waals surface area contributed by atoms with Gasteiger partial charge in [-0.2, -0.15) is 0 Å². The maximum Gasteiger partial charge on any atom is 0.271 e. The van der Waals surface area contributed by atoms with Gasteiger partial charge in [0.15, 0.2) is 0 Å². The Labute approximate surface area is 162 Å². The molecule has 0 unspecified atom stereocenters. The van der Waals surface area contributed by atoms with E-state index in [9.17, 15) is 4.79 Å². The number of nitrogens with zero attached hydrogens (tertiary/aromatic N) is 3. The average Bonchev–Trinajstić information content (AvgIpc) is 2.63. The first-order valence-electron chi connectivity index (χ1n) is 7.94. The van der Waals surface area contributed by atoms with Crippen LogP contribution in [0.15, 0.2) is 82.4 Å². The second-order valence-corrected chi connectivity index (χ2v) is 6.63. The van der Waals surface area contributed by atoms with Crippen molar-refractivity contribution < 1.29 is 0 Å². The molecule has 0 N–H and O–H groups in total. The largest absolute Gasteiger partial charge is 0.271 e. The van der Waals surface area contributed by atoms with Crippen LogP contribution in [0.5, 0.6) is 0 Å². The lowest BCUT2D eigenvalue weighted by Gasteiger charge is -2.09. The maximum absolute atomic E-state index is 12.7. The molecule has 4 nitrogen and oxygen atoms in total. The molecule has 2 rings (SSSR count). The van der Waals surface area contributed by atoms with Crippen LogP contribution in [-0.4, -0.2) is 22.0 Å². The minimum absolute atomic E-state index is 0.104. The zero-order valence-corrected chi connectivity index (χ0v) is 16.1. The van der Waals surface area contributed by atoms with E-state index in [0.29, 0.717) is 22.0 Å². The van der Waals surface area contributed by atoms with Crippen molar-refractivity contribution in [3.05, 3.63) is 88.7 Å². The normalized spacial score (nSPS) is 11.3. The summed E-state index contributed by atoms with van der Waals surface area (Å²) in [5, 5.41) is 0.622. The van der Waals surface area contributed by atoms with Crippen LogP contribution in [0.4, 0.5) is 0 Å². The predicted molar refractivity (Wildman–Crippen MR) is 112 cm³/mol. The summed E-state index contributed by atoms with van der Waals surface area (Å²) in [4.78, 5) is 22.0. The van der Waals surface area contributed by atoms with Crippen LogP contribution in [-0.2, 0) is 6.42 Å². The van der Waals surface area contributed by atoms with Gasteiger partial charge in [0, 0.05) is 23.9 Å². The Kier molecular flexibility index (Phi) is 7.63. The molecule has 0 aliphatic carbocycles. The van der Waals surface area contributed by atoms with Crippen molar-refractivity contribution in [3.63, 3.8) is 0 Å². The quantitative estimate of drug-likeness (QED) is 0.282. The van der Waals surface area contributed by atoms with Gasteiger partial charge in [0.25, 0.3) is 5.56 Å². The van der Waals surface area contributed by atoms with Gasteiger partial charge in [-0.15, -0.1) is 18.3 Å². The van der Waals surface area contributed by atoms with Gasteiger partial charge >= 0.3 is 0 Å². The van der Waals surface area contributed by atoms with E-state index in [1.807, 2.05) is 12.3 Å². The first kappa shape index (κ1) is 19.9. The van der Waals surface area contributed by atoms with E-state index in [0.717, 1.165) is 17.7 Å². The van der Waals surface area contributed by atoms with Gasteiger partial charge in [-0.05, 0) is 48.6 Å². The molecule has 0 saturated heterocycles. The highest BCUT2D eigenvalue weighted by atomic mass is 35.5. The molecule has 0 spiro atoms. The molecule has 0 radical (unpaired) electrons. The fraction of sp³-hybridized carbons (Fsp3) is 0.150. The van der Waals surface area contributed by atoms with Gasteiger partial charge in [-0.25, -0.2) is 4.98 Å².